The highest BCUT2D eigenvalue weighted by atomic mass is 32.1. The number of nitrogens with zero attached hydrogens (tertiary/aromatic N) is 8. The van der Waals surface area contributed by atoms with Gasteiger partial charge in [-0.05, 0) is 32.4 Å². The summed E-state index contributed by atoms with van der Waals surface area (Å²) >= 11 is 1.42. The second-order valence-electron chi connectivity index (χ2n) is 11.0. The normalized spacial score (nSPS) is 15.8. The fourth-order valence-corrected chi connectivity index (χ4v) is 6.91. The molecule has 0 N–H and O–H groups in total. The molecule has 2 fully saturated rings. The maximum Gasteiger partial charge on any atom is 0.297 e. The molecule has 7 rings (SSSR count). The fourth-order valence-electron chi connectivity index (χ4n) is 6.06. The Labute approximate surface area is 236 Å². The molecule has 1 aromatic carbocycles. The third-order valence-electron chi connectivity index (χ3n) is 8.10. The zero-order valence-corrected chi connectivity index (χ0v) is 23.9. The van der Waals surface area contributed by atoms with E-state index in [1.54, 1.807) is 12.5 Å². The number of hydrogen-bond acceptors (Lipinski definition) is 9. The maximum atomic E-state index is 9.91. The smallest absolute Gasteiger partial charge is 0.297 e. The molecule has 0 bridgehead atoms. The van der Waals surface area contributed by atoms with Gasteiger partial charge in [-0.15, -0.1) is 0 Å². The van der Waals surface area contributed by atoms with Gasteiger partial charge in [-0.3, -0.25) is 0 Å². The molecular weight excluding hydrogens is 520 g/mol. The number of anilines is 4. The second-order valence-corrected chi connectivity index (χ2v) is 12.0. The lowest BCUT2D eigenvalue weighted by atomic mass is 9.73. The van der Waals surface area contributed by atoms with Crippen molar-refractivity contribution in [3.8, 4) is 17.3 Å². The highest BCUT2D eigenvalue weighted by Crippen LogP contribution is 2.45. The molecule has 5 aromatic rings. The standard InChI is InChI=1S/C30H30N8OS/c1-5-23-27(35(4)29-33-26(25(14-31)40-29)21-8-6-19(2)7-9-21)24-13-22(12-20(3)38(24)34-23)36-15-30(16-36)17-37(18-30)28-32-10-11-39-28/h6-13H,5,15-18H2,1-4H3. The first-order chi connectivity index (χ1) is 19.4. The summed E-state index contributed by atoms with van der Waals surface area (Å²) in [5.41, 5.74) is 8.55. The van der Waals surface area contributed by atoms with Crippen LogP contribution in [0.3, 0.4) is 0 Å². The number of pyridine rings is 1. The Morgan fingerprint density at radius 3 is 2.52 bits per heavy atom. The summed E-state index contributed by atoms with van der Waals surface area (Å²) in [4.78, 5) is 16.6. The van der Waals surface area contributed by atoms with Gasteiger partial charge in [-0.1, -0.05) is 48.1 Å². The predicted molar refractivity (Wildman–Crippen MR) is 158 cm³/mol. The third-order valence-corrected chi connectivity index (χ3v) is 9.14. The Hall–Kier alpha value is -4.36. The molecular formula is C30H30N8OS. The summed E-state index contributed by atoms with van der Waals surface area (Å²) in [7, 11) is 2.03. The predicted octanol–water partition coefficient (Wildman–Crippen LogP) is 5.59. The number of thiazole rings is 1. The van der Waals surface area contributed by atoms with Crippen molar-refractivity contribution in [2.75, 3.05) is 47.9 Å². The molecule has 0 unspecified atom stereocenters. The SMILES string of the molecule is CCc1nn2c(C)cc(N3CC4(C3)CN(c3ncco3)C4)cc2c1N(C)c1nc(-c2ccc(C)cc2)c(C#N)s1. The Morgan fingerprint density at radius 1 is 1.10 bits per heavy atom. The summed E-state index contributed by atoms with van der Waals surface area (Å²) in [6, 6.07) is 15.7. The van der Waals surface area contributed by atoms with E-state index in [1.165, 1.54) is 22.6 Å². The molecule has 2 saturated heterocycles. The molecule has 9 nitrogen and oxygen atoms in total. The van der Waals surface area contributed by atoms with Crippen LogP contribution in [0, 0.1) is 30.6 Å². The van der Waals surface area contributed by atoms with E-state index in [-0.39, 0.29) is 0 Å². The minimum absolute atomic E-state index is 0.296. The van der Waals surface area contributed by atoms with E-state index < -0.39 is 0 Å². The first-order valence-electron chi connectivity index (χ1n) is 13.5. The number of fused-ring (bicyclic) bond motifs is 1. The van der Waals surface area contributed by atoms with E-state index in [2.05, 4.69) is 70.8 Å². The van der Waals surface area contributed by atoms with E-state index in [4.69, 9.17) is 14.5 Å². The average Bonchev–Trinajstić information content (AvgIpc) is 3.66. The third kappa shape index (κ3) is 3.84. The first kappa shape index (κ1) is 24.7. The van der Waals surface area contributed by atoms with Crippen molar-refractivity contribution in [1.29, 1.82) is 5.26 Å². The largest absolute Gasteiger partial charge is 0.432 e. The number of nitriles is 1. The van der Waals surface area contributed by atoms with Gasteiger partial charge in [-0.2, -0.15) is 10.4 Å². The highest BCUT2D eigenvalue weighted by Gasteiger charge is 2.53. The van der Waals surface area contributed by atoms with E-state index in [9.17, 15) is 5.26 Å². The summed E-state index contributed by atoms with van der Waals surface area (Å²) in [6.07, 6.45) is 4.12. The quantitative estimate of drug-likeness (QED) is 0.270. The van der Waals surface area contributed by atoms with Gasteiger partial charge in [0.1, 0.15) is 22.9 Å². The average molecular weight is 551 g/mol. The monoisotopic (exact) mass is 550 g/mol. The molecule has 1 spiro atoms. The van der Waals surface area contributed by atoms with Crippen molar-refractivity contribution in [2.24, 2.45) is 5.41 Å². The first-order valence-corrected chi connectivity index (χ1v) is 14.3. The summed E-state index contributed by atoms with van der Waals surface area (Å²) in [5.74, 6) is 0. The number of aromatic nitrogens is 4. The Balaban J connectivity index is 1.20. The molecule has 6 heterocycles. The molecule has 0 aliphatic carbocycles. The van der Waals surface area contributed by atoms with Crippen molar-refractivity contribution >= 4 is 39.4 Å². The van der Waals surface area contributed by atoms with Crippen LogP contribution in [0.2, 0.25) is 0 Å². The molecule has 2 aliphatic rings. The van der Waals surface area contributed by atoms with Crippen molar-refractivity contribution in [3.63, 3.8) is 0 Å². The zero-order valence-electron chi connectivity index (χ0n) is 23.0. The summed E-state index contributed by atoms with van der Waals surface area (Å²) < 4.78 is 7.51. The topological polar surface area (TPSA) is 89.7 Å². The van der Waals surface area contributed by atoms with Gasteiger partial charge in [0.05, 0.1) is 23.1 Å². The Morgan fingerprint density at radius 2 is 1.85 bits per heavy atom. The van der Waals surface area contributed by atoms with Gasteiger partial charge in [0.25, 0.3) is 6.01 Å². The van der Waals surface area contributed by atoms with Crippen LogP contribution < -0.4 is 14.7 Å². The van der Waals surface area contributed by atoms with Gasteiger partial charge < -0.3 is 19.1 Å². The van der Waals surface area contributed by atoms with Crippen molar-refractivity contribution in [2.45, 2.75) is 27.2 Å². The lowest BCUT2D eigenvalue weighted by molar-refractivity contribution is 0.149. The van der Waals surface area contributed by atoms with Crippen LogP contribution in [0.25, 0.3) is 16.8 Å². The molecule has 2 aliphatic heterocycles. The van der Waals surface area contributed by atoms with E-state index >= 15 is 0 Å². The highest BCUT2D eigenvalue weighted by molar-refractivity contribution is 7.16. The van der Waals surface area contributed by atoms with Crippen LogP contribution >= 0.6 is 11.3 Å². The minimum Gasteiger partial charge on any atom is -0.432 e. The van der Waals surface area contributed by atoms with Crippen molar-refractivity contribution in [1.82, 2.24) is 19.6 Å². The van der Waals surface area contributed by atoms with Gasteiger partial charge in [0, 0.05) is 55.6 Å². The van der Waals surface area contributed by atoms with Crippen LogP contribution in [0.15, 0.2) is 53.3 Å². The molecule has 0 radical (unpaired) electrons. The molecule has 0 saturated carbocycles. The molecule has 0 atom stereocenters. The number of benzene rings is 1. The van der Waals surface area contributed by atoms with Gasteiger partial charge in [-0.25, -0.2) is 14.5 Å². The van der Waals surface area contributed by atoms with E-state index in [0.29, 0.717) is 16.3 Å². The fraction of sp³-hybridized carbons (Fsp3) is 0.333. The summed E-state index contributed by atoms with van der Waals surface area (Å²) in [6.45, 7) is 10.3. The van der Waals surface area contributed by atoms with Crippen LogP contribution in [-0.4, -0.2) is 52.8 Å². The van der Waals surface area contributed by atoms with Crippen LogP contribution in [0.5, 0.6) is 0 Å². The van der Waals surface area contributed by atoms with Crippen molar-refractivity contribution in [3.05, 3.63) is 70.7 Å². The Kier molecular flexibility index (Phi) is 5.61. The number of aryl methyl sites for hydroxylation is 3. The van der Waals surface area contributed by atoms with Gasteiger partial charge in [0.2, 0.25) is 0 Å². The van der Waals surface area contributed by atoms with E-state index in [0.717, 1.165) is 71.6 Å². The molecule has 202 valence electrons. The van der Waals surface area contributed by atoms with Crippen LogP contribution in [-0.2, 0) is 6.42 Å². The minimum atomic E-state index is 0.296. The van der Waals surface area contributed by atoms with Crippen LogP contribution in [0.1, 0.15) is 28.8 Å². The van der Waals surface area contributed by atoms with E-state index in [1.807, 2.05) is 23.7 Å². The summed E-state index contributed by atoms with van der Waals surface area (Å²) in [5, 5.41) is 15.7. The Bertz CT molecular complexity index is 1750. The molecule has 0 amide bonds. The molecule has 10 heteroatoms. The number of hydrogen-bond donors (Lipinski definition) is 0. The zero-order chi connectivity index (χ0) is 27.6. The maximum absolute atomic E-state index is 9.91. The number of oxazole rings is 1. The van der Waals surface area contributed by atoms with Gasteiger partial charge >= 0.3 is 0 Å². The molecule has 40 heavy (non-hydrogen) atoms. The van der Waals surface area contributed by atoms with Crippen molar-refractivity contribution < 1.29 is 4.42 Å². The number of rotatable bonds is 6. The second kappa shape index (κ2) is 9.10. The van der Waals surface area contributed by atoms with Gasteiger partial charge in [0.15, 0.2) is 5.13 Å². The lowest BCUT2D eigenvalue weighted by Gasteiger charge is -2.60. The molecule has 4 aromatic heterocycles. The lowest BCUT2D eigenvalue weighted by Crippen LogP contribution is -2.72. The van der Waals surface area contributed by atoms with Crippen LogP contribution in [0.4, 0.5) is 22.5 Å².